The zero-order valence-electron chi connectivity index (χ0n) is 6.63. The summed E-state index contributed by atoms with van der Waals surface area (Å²) in [6.45, 7) is 1.87. The van der Waals surface area contributed by atoms with Crippen molar-refractivity contribution in [3.8, 4) is 17.9 Å². The molecule has 0 bridgehead atoms. The van der Waals surface area contributed by atoms with E-state index in [1.54, 1.807) is 18.3 Å². The minimum absolute atomic E-state index is 0.469. The van der Waals surface area contributed by atoms with Gasteiger partial charge >= 0.3 is 0 Å². The molecule has 12 heavy (non-hydrogen) atoms. The van der Waals surface area contributed by atoms with Crippen LogP contribution in [0.3, 0.4) is 0 Å². The highest BCUT2D eigenvalue weighted by Gasteiger charge is 1.98. The lowest BCUT2D eigenvalue weighted by molar-refractivity contribution is 1.26. The van der Waals surface area contributed by atoms with Gasteiger partial charge in [-0.3, -0.25) is 0 Å². The summed E-state index contributed by atoms with van der Waals surface area (Å²) < 4.78 is 0. The van der Waals surface area contributed by atoms with Gasteiger partial charge in [-0.05, 0) is 24.5 Å². The van der Waals surface area contributed by atoms with Crippen LogP contribution in [-0.2, 0) is 0 Å². The number of nitrogen functional groups attached to an aromatic ring is 1. The third-order valence-electron chi connectivity index (χ3n) is 1.44. The molecule has 1 aromatic rings. The quantitative estimate of drug-likeness (QED) is 0.568. The second-order valence-corrected chi connectivity index (χ2v) is 2.25. The van der Waals surface area contributed by atoms with Gasteiger partial charge in [-0.1, -0.05) is 0 Å². The van der Waals surface area contributed by atoms with E-state index in [0.29, 0.717) is 11.4 Å². The second-order valence-electron chi connectivity index (χ2n) is 2.25. The zero-order valence-corrected chi connectivity index (χ0v) is 6.63. The maximum Gasteiger partial charge on any atom is 0.152 e. The van der Waals surface area contributed by atoms with Crippen LogP contribution in [0.2, 0.25) is 0 Å². The first-order chi connectivity index (χ1) is 5.75. The van der Waals surface area contributed by atoms with E-state index in [1.165, 1.54) is 0 Å². The van der Waals surface area contributed by atoms with Gasteiger partial charge in [0.25, 0.3) is 0 Å². The smallest absolute Gasteiger partial charge is 0.152 e. The van der Waals surface area contributed by atoms with Crippen LogP contribution in [0.5, 0.6) is 0 Å². The summed E-state index contributed by atoms with van der Waals surface area (Å²) in [5.41, 5.74) is 7.58. The third-order valence-corrected chi connectivity index (χ3v) is 1.44. The molecule has 1 rings (SSSR count). The van der Waals surface area contributed by atoms with Crippen LogP contribution in [0.15, 0.2) is 12.3 Å². The Hall–Kier alpha value is -2.00. The molecule has 0 amide bonds. The molecule has 0 spiro atoms. The summed E-state index contributed by atoms with van der Waals surface area (Å²) in [6, 6.07) is 3.50. The molecule has 2 N–H and O–H groups in total. The van der Waals surface area contributed by atoms with Crippen LogP contribution in [-0.4, -0.2) is 4.98 Å². The minimum atomic E-state index is 0.469. The van der Waals surface area contributed by atoms with Crippen molar-refractivity contribution >= 4 is 5.69 Å². The van der Waals surface area contributed by atoms with E-state index >= 15 is 0 Å². The van der Waals surface area contributed by atoms with Crippen LogP contribution in [0.1, 0.15) is 11.3 Å². The number of rotatable bonds is 0. The lowest BCUT2D eigenvalue weighted by Gasteiger charge is -1.99. The molecule has 58 valence electrons. The van der Waals surface area contributed by atoms with E-state index in [0.717, 1.165) is 5.56 Å². The average Bonchev–Trinajstić information content (AvgIpc) is 2.08. The highest BCUT2D eigenvalue weighted by molar-refractivity contribution is 5.57. The van der Waals surface area contributed by atoms with E-state index in [4.69, 9.17) is 11.0 Å². The standard InChI is InChI=1S/C9H7N3/c1-7-4-6-12-8(9(7)11)3-2-5-10/h4,6H,11H2,1H3. The van der Waals surface area contributed by atoms with E-state index in [2.05, 4.69) is 16.8 Å². The number of nitrogens with zero attached hydrogens (tertiary/aromatic N) is 2. The first-order valence-electron chi connectivity index (χ1n) is 3.37. The van der Waals surface area contributed by atoms with Crippen LogP contribution in [0.4, 0.5) is 5.69 Å². The number of aryl methyl sites for hydroxylation is 1. The van der Waals surface area contributed by atoms with Crippen LogP contribution < -0.4 is 5.73 Å². The van der Waals surface area contributed by atoms with Crippen LogP contribution in [0, 0.1) is 30.1 Å². The van der Waals surface area contributed by atoms with Gasteiger partial charge in [0, 0.05) is 12.1 Å². The molecule has 0 atom stereocenters. The number of aromatic nitrogens is 1. The van der Waals surface area contributed by atoms with Crippen LogP contribution in [0.25, 0.3) is 0 Å². The van der Waals surface area contributed by atoms with E-state index in [9.17, 15) is 0 Å². The highest BCUT2D eigenvalue weighted by atomic mass is 14.7. The molecule has 1 heterocycles. The number of nitrogens with two attached hydrogens (primary N) is 1. The Labute approximate surface area is 70.8 Å². The predicted octanol–water partition coefficient (Wildman–Crippen LogP) is 0.847. The molecule has 0 unspecified atom stereocenters. The van der Waals surface area contributed by atoms with Crippen molar-refractivity contribution in [2.24, 2.45) is 0 Å². The monoisotopic (exact) mass is 157 g/mol. The Balaban J connectivity index is 3.19. The van der Waals surface area contributed by atoms with Gasteiger partial charge in [0.1, 0.15) is 5.69 Å². The first-order valence-corrected chi connectivity index (χ1v) is 3.37. The van der Waals surface area contributed by atoms with Gasteiger partial charge in [-0.15, -0.1) is 0 Å². The fraction of sp³-hybridized carbons (Fsp3) is 0.111. The summed E-state index contributed by atoms with van der Waals surface area (Å²) >= 11 is 0. The molecule has 0 saturated heterocycles. The van der Waals surface area contributed by atoms with Gasteiger partial charge < -0.3 is 5.73 Å². The summed E-state index contributed by atoms with van der Waals surface area (Å²) in [4.78, 5) is 3.93. The highest BCUT2D eigenvalue weighted by Crippen LogP contribution is 2.11. The van der Waals surface area contributed by atoms with Gasteiger partial charge in [0.2, 0.25) is 0 Å². The van der Waals surface area contributed by atoms with Crippen molar-refractivity contribution in [1.29, 1.82) is 5.26 Å². The molecule has 3 heteroatoms. The maximum atomic E-state index is 8.20. The maximum absolute atomic E-state index is 8.20. The largest absolute Gasteiger partial charge is 0.396 e. The Morgan fingerprint density at radius 3 is 3.00 bits per heavy atom. The van der Waals surface area contributed by atoms with Gasteiger partial charge in [0.15, 0.2) is 6.07 Å². The van der Waals surface area contributed by atoms with Gasteiger partial charge in [-0.25, -0.2) is 4.98 Å². The molecular formula is C9H7N3. The minimum Gasteiger partial charge on any atom is -0.396 e. The topological polar surface area (TPSA) is 62.7 Å². The fourth-order valence-corrected chi connectivity index (χ4v) is 0.756. The molecule has 0 fully saturated rings. The summed E-state index contributed by atoms with van der Waals surface area (Å²) in [7, 11) is 0. The van der Waals surface area contributed by atoms with E-state index in [1.807, 2.05) is 6.92 Å². The molecule has 0 aliphatic carbocycles. The van der Waals surface area contributed by atoms with Crippen molar-refractivity contribution in [1.82, 2.24) is 4.98 Å². The van der Waals surface area contributed by atoms with E-state index < -0.39 is 0 Å². The zero-order chi connectivity index (χ0) is 8.97. The summed E-state index contributed by atoms with van der Waals surface area (Å²) in [6.07, 6.45) is 1.62. The summed E-state index contributed by atoms with van der Waals surface area (Å²) in [5, 5.41) is 8.20. The lowest BCUT2D eigenvalue weighted by Crippen LogP contribution is -1.95. The number of hydrogen-bond acceptors (Lipinski definition) is 3. The van der Waals surface area contributed by atoms with E-state index in [-0.39, 0.29) is 0 Å². The number of anilines is 1. The second kappa shape index (κ2) is 3.41. The molecule has 0 saturated carbocycles. The predicted molar refractivity (Wildman–Crippen MR) is 45.9 cm³/mol. The van der Waals surface area contributed by atoms with Crippen molar-refractivity contribution < 1.29 is 0 Å². The molecular weight excluding hydrogens is 150 g/mol. The Bertz CT molecular complexity index is 390. The number of hydrogen-bond donors (Lipinski definition) is 1. The summed E-state index contributed by atoms with van der Waals surface area (Å²) in [5.74, 6) is 4.80. The first kappa shape index (κ1) is 8.10. The Morgan fingerprint density at radius 2 is 2.33 bits per heavy atom. The SMILES string of the molecule is Cc1ccnc(C#CC#N)c1N. The van der Waals surface area contributed by atoms with Gasteiger partial charge in [-0.2, -0.15) is 5.26 Å². The third kappa shape index (κ3) is 1.53. The molecule has 1 aromatic heterocycles. The average molecular weight is 157 g/mol. The molecule has 0 aliphatic heterocycles. The van der Waals surface area contributed by atoms with Crippen molar-refractivity contribution in [3.05, 3.63) is 23.5 Å². The van der Waals surface area contributed by atoms with Gasteiger partial charge in [0.05, 0.1) is 5.69 Å². The lowest BCUT2D eigenvalue weighted by atomic mass is 10.2. The Morgan fingerprint density at radius 1 is 1.58 bits per heavy atom. The van der Waals surface area contributed by atoms with Crippen molar-refractivity contribution in [2.75, 3.05) is 5.73 Å². The number of nitriles is 1. The van der Waals surface area contributed by atoms with Crippen molar-refractivity contribution in [3.63, 3.8) is 0 Å². The van der Waals surface area contributed by atoms with Crippen molar-refractivity contribution in [2.45, 2.75) is 6.92 Å². The Kier molecular flexibility index (Phi) is 2.30. The normalized spacial score (nSPS) is 8.00. The fourth-order valence-electron chi connectivity index (χ4n) is 0.756. The molecule has 0 radical (unpaired) electrons. The molecule has 0 aromatic carbocycles. The van der Waals surface area contributed by atoms with Crippen LogP contribution >= 0.6 is 0 Å². The number of pyridine rings is 1. The molecule has 3 nitrogen and oxygen atoms in total. The molecule has 0 aliphatic rings.